The summed E-state index contributed by atoms with van der Waals surface area (Å²) in [4.78, 5) is 12.6. The molecule has 0 bridgehead atoms. The minimum Gasteiger partial charge on any atom is -0.349 e. The normalized spacial score (nSPS) is 29.5. The zero-order chi connectivity index (χ0) is 18.1. The molecule has 1 aromatic rings. The minimum atomic E-state index is -1.59. The van der Waals surface area contributed by atoms with Gasteiger partial charge in [-0.05, 0) is 30.5 Å². The topological polar surface area (TPSA) is 63.2 Å². The first-order valence-electron chi connectivity index (χ1n) is 7.25. The van der Waals surface area contributed by atoms with Gasteiger partial charge in [0.05, 0.1) is 44.0 Å². The maximum absolute atomic E-state index is 12.6. The molecule has 1 saturated carbocycles. The van der Waals surface area contributed by atoms with Gasteiger partial charge in [0.2, 0.25) is 5.91 Å². The van der Waals surface area contributed by atoms with Gasteiger partial charge >= 0.3 is 0 Å². The quantitative estimate of drug-likeness (QED) is 0.615. The first-order chi connectivity index (χ1) is 11.3. The standard InChI is InChI=1S/C15H18BrCl2NO3S2/c1-9-13(15(9,23(21)7-17)24(22)8-18)14(20)19-10(2)11-3-5-12(16)6-4-11/h3-6,9-10,13H,7-8H2,1-2H3,(H,19,20). The number of hydrogen-bond acceptors (Lipinski definition) is 3. The summed E-state index contributed by atoms with van der Waals surface area (Å²) < 4.78 is 24.5. The maximum atomic E-state index is 12.6. The predicted octanol–water partition coefficient (Wildman–Crippen LogP) is 3.48. The van der Waals surface area contributed by atoms with Crippen molar-refractivity contribution >= 4 is 66.6 Å². The van der Waals surface area contributed by atoms with E-state index in [2.05, 4.69) is 21.2 Å². The van der Waals surface area contributed by atoms with E-state index in [-0.39, 0.29) is 28.3 Å². The molecule has 24 heavy (non-hydrogen) atoms. The van der Waals surface area contributed by atoms with Gasteiger partial charge in [0.25, 0.3) is 0 Å². The van der Waals surface area contributed by atoms with Crippen molar-refractivity contribution in [1.29, 1.82) is 0 Å². The van der Waals surface area contributed by atoms with Crippen LogP contribution in [0, 0.1) is 11.8 Å². The van der Waals surface area contributed by atoms with Crippen molar-refractivity contribution < 1.29 is 13.2 Å². The molecule has 0 radical (unpaired) electrons. The predicted molar refractivity (Wildman–Crippen MR) is 104 cm³/mol. The zero-order valence-electron chi connectivity index (χ0n) is 13.1. The molecule has 134 valence electrons. The van der Waals surface area contributed by atoms with Gasteiger partial charge < -0.3 is 5.32 Å². The van der Waals surface area contributed by atoms with Gasteiger partial charge in [0, 0.05) is 4.47 Å². The van der Waals surface area contributed by atoms with Crippen LogP contribution in [0.1, 0.15) is 25.5 Å². The summed E-state index contributed by atoms with van der Waals surface area (Å²) in [5, 5.41) is 2.58. The van der Waals surface area contributed by atoms with E-state index in [0.717, 1.165) is 10.0 Å². The Morgan fingerprint density at radius 1 is 1.25 bits per heavy atom. The van der Waals surface area contributed by atoms with E-state index < -0.39 is 31.6 Å². The molecule has 0 heterocycles. The molecule has 0 aromatic heterocycles. The monoisotopic (exact) mass is 473 g/mol. The summed E-state index contributed by atoms with van der Waals surface area (Å²) in [6, 6.07) is 7.39. The lowest BCUT2D eigenvalue weighted by molar-refractivity contribution is -0.123. The molecule has 1 aliphatic rings. The zero-order valence-corrected chi connectivity index (χ0v) is 17.9. The van der Waals surface area contributed by atoms with Crippen LogP contribution in [0.3, 0.4) is 0 Å². The number of hydrogen-bond donors (Lipinski definition) is 1. The molecule has 2 rings (SSSR count). The Hall–Kier alpha value is 0.0500. The molecule has 1 amide bonds. The first-order valence-corrected chi connectivity index (χ1v) is 11.7. The fourth-order valence-corrected chi connectivity index (χ4v) is 8.43. The molecule has 1 aliphatic carbocycles. The number of rotatable bonds is 7. The number of nitrogens with one attached hydrogen (secondary N) is 1. The Morgan fingerprint density at radius 2 is 1.75 bits per heavy atom. The highest BCUT2D eigenvalue weighted by Gasteiger charge is 2.73. The maximum Gasteiger partial charge on any atom is 0.226 e. The van der Waals surface area contributed by atoms with Crippen LogP contribution in [-0.2, 0) is 26.4 Å². The fourth-order valence-electron chi connectivity index (χ4n) is 3.02. The lowest BCUT2D eigenvalue weighted by atomic mass is 10.1. The van der Waals surface area contributed by atoms with Gasteiger partial charge in [0.15, 0.2) is 0 Å². The number of alkyl halides is 2. The summed E-state index contributed by atoms with van der Waals surface area (Å²) in [5.41, 5.74) is 0.947. The number of carbonyl (C=O) groups is 1. The van der Waals surface area contributed by atoms with Crippen LogP contribution in [0.4, 0.5) is 0 Å². The second kappa shape index (κ2) is 8.16. The van der Waals surface area contributed by atoms with E-state index in [9.17, 15) is 13.2 Å². The van der Waals surface area contributed by atoms with E-state index >= 15 is 0 Å². The summed E-state index contributed by atoms with van der Waals surface area (Å²) in [5.74, 6) is -1.18. The third-order valence-corrected chi connectivity index (χ3v) is 10.3. The van der Waals surface area contributed by atoms with Crippen molar-refractivity contribution in [3.63, 3.8) is 0 Å². The Labute approximate surface area is 165 Å². The lowest BCUT2D eigenvalue weighted by Crippen LogP contribution is -2.36. The summed E-state index contributed by atoms with van der Waals surface area (Å²) in [6.07, 6.45) is 0. The molecule has 0 saturated heterocycles. The number of amides is 1. The van der Waals surface area contributed by atoms with E-state index in [1.807, 2.05) is 31.2 Å². The average molecular weight is 475 g/mol. The van der Waals surface area contributed by atoms with E-state index in [1.54, 1.807) is 6.92 Å². The van der Waals surface area contributed by atoms with Crippen molar-refractivity contribution in [3.8, 4) is 0 Å². The Balaban J connectivity index is 2.16. The minimum absolute atomic E-state index is 0.168. The van der Waals surface area contributed by atoms with Gasteiger partial charge in [0.1, 0.15) is 4.08 Å². The van der Waals surface area contributed by atoms with Gasteiger partial charge in [-0.3, -0.25) is 13.2 Å². The van der Waals surface area contributed by atoms with Gasteiger partial charge in [-0.1, -0.05) is 35.0 Å². The summed E-state index contributed by atoms with van der Waals surface area (Å²) in [6.45, 7) is 3.64. The molecular formula is C15H18BrCl2NO3S2. The summed E-state index contributed by atoms with van der Waals surface area (Å²) >= 11 is 14.8. The van der Waals surface area contributed by atoms with E-state index in [1.165, 1.54) is 0 Å². The van der Waals surface area contributed by atoms with Gasteiger partial charge in [-0.2, -0.15) is 0 Å². The van der Waals surface area contributed by atoms with Crippen molar-refractivity contribution in [3.05, 3.63) is 34.3 Å². The number of carbonyl (C=O) groups excluding carboxylic acids is 1. The molecule has 1 N–H and O–H groups in total. The molecular weight excluding hydrogens is 457 g/mol. The molecule has 0 spiro atoms. The van der Waals surface area contributed by atoms with Crippen LogP contribution in [0.15, 0.2) is 28.7 Å². The number of halogens is 3. The molecule has 0 aliphatic heterocycles. The molecule has 9 heteroatoms. The highest BCUT2D eigenvalue weighted by Crippen LogP contribution is 2.58. The van der Waals surface area contributed by atoms with Crippen molar-refractivity contribution in [1.82, 2.24) is 5.32 Å². The molecule has 5 atom stereocenters. The number of benzene rings is 1. The molecule has 4 nitrogen and oxygen atoms in total. The van der Waals surface area contributed by atoms with Crippen LogP contribution in [0.2, 0.25) is 0 Å². The fraction of sp³-hybridized carbons (Fsp3) is 0.533. The second-order valence-corrected chi connectivity index (χ2v) is 11.3. The van der Waals surface area contributed by atoms with Crippen LogP contribution < -0.4 is 5.32 Å². The highest BCUT2D eigenvalue weighted by molar-refractivity contribution is 9.10. The van der Waals surface area contributed by atoms with Gasteiger partial charge in [-0.15, -0.1) is 23.2 Å². The van der Waals surface area contributed by atoms with E-state index in [4.69, 9.17) is 23.2 Å². The Morgan fingerprint density at radius 3 is 2.21 bits per heavy atom. The highest BCUT2D eigenvalue weighted by atomic mass is 79.9. The third-order valence-electron chi connectivity index (χ3n) is 4.38. The van der Waals surface area contributed by atoms with Gasteiger partial charge in [-0.25, -0.2) is 0 Å². The van der Waals surface area contributed by atoms with Crippen molar-refractivity contribution in [2.24, 2.45) is 11.8 Å². The SMILES string of the molecule is CC(NC(=O)C1C(C)C1(S(=O)CCl)S(=O)CCl)c1ccc(Br)cc1. The largest absolute Gasteiger partial charge is 0.349 e. The average Bonchev–Trinajstić information content (AvgIpc) is 3.20. The Bertz CT molecular complexity index is 655. The first kappa shape index (κ1) is 20.4. The van der Waals surface area contributed by atoms with E-state index in [0.29, 0.717) is 0 Å². The van der Waals surface area contributed by atoms with Crippen molar-refractivity contribution in [2.45, 2.75) is 24.0 Å². The molecule has 5 unspecified atom stereocenters. The Kier molecular flexibility index (Phi) is 6.93. The van der Waals surface area contributed by atoms with Crippen LogP contribution in [0.25, 0.3) is 0 Å². The second-order valence-electron chi connectivity index (χ2n) is 5.68. The van der Waals surface area contributed by atoms with Crippen LogP contribution in [0.5, 0.6) is 0 Å². The smallest absolute Gasteiger partial charge is 0.226 e. The molecule has 1 aromatic carbocycles. The van der Waals surface area contributed by atoms with Crippen LogP contribution in [-0.4, -0.2) is 28.8 Å². The molecule has 1 fully saturated rings. The third kappa shape index (κ3) is 3.61. The van der Waals surface area contributed by atoms with Crippen molar-refractivity contribution in [2.75, 3.05) is 10.4 Å². The lowest BCUT2D eigenvalue weighted by Gasteiger charge is -2.17. The summed E-state index contributed by atoms with van der Waals surface area (Å²) in [7, 11) is -3.17. The van der Waals surface area contributed by atoms with Crippen LogP contribution >= 0.6 is 39.1 Å².